The SMILES string of the molecule is Cc1cnc(Nc2ccc(N3CCN(C)CC3)nc2)nc1-c1nnc2ccccn12. The highest BCUT2D eigenvalue weighted by molar-refractivity contribution is 5.62. The van der Waals surface area contributed by atoms with Crippen LogP contribution in [0.25, 0.3) is 17.2 Å². The molecule has 0 spiro atoms. The van der Waals surface area contributed by atoms with Crippen molar-refractivity contribution >= 4 is 23.1 Å². The van der Waals surface area contributed by atoms with E-state index in [-0.39, 0.29) is 0 Å². The van der Waals surface area contributed by atoms with Gasteiger partial charge in [0, 0.05) is 38.6 Å². The molecule has 0 atom stereocenters. The van der Waals surface area contributed by atoms with Crippen molar-refractivity contribution < 1.29 is 0 Å². The van der Waals surface area contributed by atoms with E-state index in [9.17, 15) is 0 Å². The molecule has 0 aromatic carbocycles. The van der Waals surface area contributed by atoms with Crippen molar-refractivity contribution in [1.29, 1.82) is 0 Å². The third-order valence-electron chi connectivity index (χ3n) is 5.33. The molecule has 1 saturated heterocycles. The van der Waals surface area contributed by atoms with Crippen LogP contribution >= 0.6 is 0 Å². The van der Waals surface area contributed by atoms with Gasteiger partial charge in [0.1, 0.15) is 11.5 Å². The lowest BCUT2D eigenvalue weighted by molar-refractivity contribution is 0.312. The van der Waals surface area contributed by atoms with Gasteiger partial charge in [-0.15, -0.1) is 10.2 Å². The molecule has 1 N–H and O–H groups in total. The maximum absolute atomic E-state index is 4.69. The fourth-order valence-electron chi connectivity index (χ4n) is 3.54. The smallest absolute Gasteiger partial charge is 0.227 e. The van der Waals surface area contributed by atoms with Crippen molar-refractivity contribution in [2.45, 2.75) is 6.92 Å². The lowest BCUT2D eigenvalue weighted by Gasteiger charge is -2.33. The van der Waals surface area contributed by atoms with E-state index >= 15 is 0 Å². The first-order chi connectivity index (χ1) is 14.7. The maximum Gasteiger partial charge on any atom is 0.227 e. The lowest BCUT2D eigenvalue weighted by Crippen LogP contribution is -2.44. The topological polar surface area (TPSA) is 87.4 Å². The fraction of sp³-hybridized carbons (Fsp3) is 0.286. The molecular weight excluding hydrogens is 378 g/mol. The average Bonchev–Trinajstić information content (AvgIpc) is 3.20. The van der Waals surface area contributed by atoms with Crippen molar-refractivity contribution in [3.63, 3.8) is 0 Å². The number of anilines is 3. The van der Waals surface area contributed by atoms with Gasteiger partial charge in [-0.3, -0.25) is 4.40 Å². The average molecular weight is 401 g/mol. The van der Waals surface area contributed by atoms with E-state index < -0.39 is 0 Å². The van der Waals surface area contributed by atoms with E-state index in [4.69, 9.17) is 4.98 Å². The summed E-state index contributed by atoms with van der Waals surface area (Å²) in [5, 5.41) is 11.8. The molecule has 1 fully saturated rings. The van der Waals surface area contributed by atoms with Crippen molar-refractivity contribution in [2.75, 3.05) is 43.4 Å². The number of fused-ring (bicyclic) bond motifs is 1. The number of aromatic nitrogens is 6. The second-order valence-corrected chi connectivity index (χ2v) is 7.50. The number of piperazine rings is 1. The molecule has 5 heterocycles. The summed E-state index contributed by atoms with van der Waals surface area (Å²) < 4.78 is 1.92. The fourth-order valence-corrected chi connectivity index (χ4v) is 3.54. The summed E-state index contributed by atoms with van der Waals surface area (Å²) in [5.41, 5.74) is 3.30. The van der Waals surface area contributed by atoms with Crippen LogP contribution in [0.3, 0.4) is 0 Å². The second-order valence-electron chi connectivity index (χ2n) is 7.50. The van der Waals surface area contributed by atoms with Crippen LogP contribution < -0.4 is 10.2 Å². The van der Waals surface area contributed by atoms with Crippen LogP contribution in [0, 0.1) is 6.92 Å². The van der Waals surface area contributed by atoms with E-state index in [0.29, 0.717) is 11.8 Å². The van der Waals surface area contributed by atoms with Gasteiger partial charge in [0.25, 0.3) is 0 Å². The summed E-state index contributed by atoms with van der Waals surface area (Å²) in [7, 11) is 2.15. The zero-order valence-electron chi connectivity index (χ0n) is 17.0. The summed E-state index contributed by atoms with van der Waals surface area (Å²) >= 11 is 0. The predicted octanol–water partition coefficient (Wildman–Crippen LogP) is 2.39. The number of nitrogens with zero attached hydrogens (tertiary/aromatic N) is 8. The van der Waals surface area contributed by atoms with Gasteiger partial charge in [-0.25, -0.2) is 15.0 Å². The van der Waals surface area contributed by atoms with Crippen molar-refractivity contribution in [3.8, 4) is 11.5 Å². The van der Waals surface area contributed by atoms with Crippen LogP contribution in [-0.2, 0) is 0 Å². The molecule has 9 heteroatoms. The number of hydrogen-bond donors (Lipinski definition) is 1. The molecule has 9 nitrogen and oxygen atoms in total. The summed E-state index contributed by atoms with van der Waals surface area (Å²) in [4.78, 5) is 18.4. The number of nitrogens with one attached hydrogen (secondary N) is 1. The van der Waals surface area contributed by atoms with Crippen LogP contribution in [0.15, 0.2) is 48.9 Å². The normalized spacial score (nSPS) is 14.9. The maximum atomic E-state index is 4.69. The van der Waals surface area contributed by atoms with Crippen LogP contribution in [0.2, 0.25) is 0 Å². The quantitative estimate of drug-likeness (QED) is 0.558. The third-order valence-corrected chi connectivity index (χ3v) is 5.33. The van der Waals surface area contributed by atoms with E-state index in [1.165, 1.54) is 0 Å². The number of pyridine rings is 2. The van der Waals surface area contributed by atoms with Gasteiger partial charge in [-0.05, 0) is 43.8 Å². The molecule has 152 valence electrons. The number of likely N-dealkylation sites (N-methyl/N-ethyl adjacent to an activating group) is 1. The summed E-state index contributed by atoms with van der Waals surface area (Å²) in [6.45, 7) is 6.06. The van der Waals surface area contributed by atoms with Gasteiger partial charge >= 0.3 is 0 Å². The third kappa shape index (κ3) is 3.55. The Morgan fingerprint density at radius 3 is 2.60 bits per heavy atom. The minimum absolute atomic E-state index is 0.498. The second kappa shape index (κ2) is 7.68. The van der Waals surface area contributed by atoms with Crippen LogP contribution in [0.1, 0.15) is 5.56 Å². The van der Waals surface area contributed by atoms with Gasteiger partial charge in [0.2, 0.25) is 5.95 Å². The molecule has 0 radical (unpaired) electrons. The standard InChI is InChI=1S/C21H23N9/c1-15-13-23-21(25-19(15)20-27-26-18-5-3-4-8-30(18)20)24-16-6-7-17(22-14-16)29-11-9-28(2)10-12-29/h3-8,13-14H,9-12H2,1-2H3,(H,23,24,25). The Balaban J connectivity index is 1.37. The van der Waals surface area contributed by atoms with Crippen molar-refractivity contribution in [2.24, 2.45) is 0 Å². The Kier molecular flexibility index (Phi) is 4.72. The molecule has 4 aromatic rings. The molecule has 0 unspecified atom stereocenters. The monoisotopic (exact) mass is 401 g/mol. The van der Waals surface area contributed by atoms with E-state index in [0.717, 1.165) is 54.6 Å². The van der Waals surface area contributed by atoms with E-state index in [2.05, 4.69) is 42.3 Å². The van der Waals surface area contributed by atoms with Crippen LogP contribution in [0.4, 0.5) is 17.5 Å². The molecule has 5 rings (SSSR count). The van der Waals surface area contributed by atoms with Gasteiger partial charge in [0.15, 0.2) is 11.5 Å². The number of aryl methyl sites for hydroxylation is 1. The van der Waals surface area contributed by atoms with Gasteiger partial charge in [-0.1, -0.05) is 6.07 Å². The molecule has 30 heavy (non-hydrogen) atoms. The Labute approximate surface area is 174 Å². The molecule has 1 aliphatic heterocycles. The first-order valence-electron chi connectivity index (χ1n) is 9.98. The Bertz CT molecular complexity index is 1160. The van der Waals surface area contributed by atoms with Gasteiger partial charge in [-0.2, -0.15) is 0 Å². The summed E-state index contributed by atoms with van der Waals surface area (Å²) in [5.74, 6) is 2.18. The zero-order chi connectivity index (χ0) is 20.5. The zero-order valence-corrected chi connectivity index (χ0v) is 17.0. The molecule has 1 aliphatic rings. The minimum atomic E-state index is 0.498. The Morgan fingerprint density at radius 1 is 0.933 bits per heavy atom. The number of hydrogen-bond acceptors (Lipinski definition) is 8. The van der Waals surface area contributed by atoms with Crippen LogP contribution in [0.5, 0.6) is 0 Å². The van der Waals surface area contributed by atoms with Gasteiger partial charge < -0.3 is 15.1 Å². The first-order valence-corrected chi connectivity index (χ1v) is 9.98. The largest absolute Gasteiger partial charge is 0.354 e. The molecule has 0 saturated carbocycles. The molecule has 0 bridgehead atoms. The van der Waals surface area contributed by atoms with Gasteiger partial charge in [0.05, 0.1) is 11.9 Å². The Morgan fingerprint density at radius 2 is 1.80 bits per heavy atom. The lowest BCUT2D eigenvalue weighted by atomic mass is 10.2. The van der Waals surface area contributed by atoms with Crippen molar-refractivity contribution in [3.05, 3.63) is 54.5 Å². The highest BCUT2D eigenvalue weighted by Crippen LogP contribution is 2.23. The van der Waals surface area contributed by atoms with E-state index in [1.807, 2.05) is 54.0 Å². The number of rotatable bonds is 4. The predicted molar refractivity (Wildman–Crippen MR) is 116 cm³/mol. The molecule has 0 aliphatic carbocycles. The molecule has 4 aromatic heterocycles. The summed E-state index contributed by atoms with van der Waals surface area (Å²) in [6.07, 6.45) is 5.55. The molecular formula is C21H23N9. The van der Waals surface area contributed by atoms with Crippen molar-refractivity contribution in [1.82, 2.24) is 34.4 Å². The van der Waals surface area contributed by atoms with E-state index in [1.54, 1.807) is 6.20 Å². The Hall–Kier alpha value is -3.59. The summed E-state index contributed by atoms with van der Waals surface area (Å²) in [6, 6.07) is 9.85. The highest BCUT2D eigenvalue weighted by Gasteiger charge is 2.16. The van der Waals surface area contributed by atoms with Crippen LogP contribution in [-0.4, -0.2) is 67.7 Å². The minimum Gasteiger partial charge on any atom is -0.354 e. The highest BCUT2D eigenvalue weighted by atomic mass is 15.3. The molecule has 0 amide bonds. The first kappa shape index (κ1) is 18.4.